The molecular formula is C25H24N2O4S. The Morgan fingerprint density at radius 2 is 1.84 bits per heavy atom. The van der Waals surface area contributed by atoms with Gasteiger partial charge in [-0.05, 0) is 68.1 Å². The van der Waals surface area contributed by atoms with Gasteiger partial charge in [0.1, 0.15) is 11.8 Å². The molecule has 5 rings (SSSR count). The Bertz CT molecular complexity index is 1340. The van der Waals surface area contributed by atoms with Gasteiger partial charge in [-0.2, -0.15) is 0 Å². The van der Waals surface area contributed by atoms with Crippen molar-refractivity contribution in [3.63, 3.8) is 0 Å². The van der Waals surface area contributed by atoms with E-state index in [2.05, 4.69) is 5.32 Å². The number of ketones is 1. The van der Waals surface area contributed by atoms with Crippen LogP contribution >= 0.6 is 0 Å². The summed E-state index contributed by atoms with van der Waals surface area (Å²) >= 11 is 0. The molecule has 1 aromatic heterocycles. The minimum Gasteiger partial charge on any atom is -0.467 e. The number of carbonyl (C=O) groups excluding carboxylic acids is 1. The fourth-order valence-corrected chi connectivity index (χ4v) is 6.49. The predicted molar refractivity (Wildman–Crippen MR) is 123 cm³/mol. The van der Waals surface area contributed by atoms with Gasteiger partial charge in [-0.3, -0.25) is 4.79 Å². The smallest absolute Gasteiger partial charge is 0.265 e. The predicted octanol–water partition coefficient (Wildman–Crippen LogP) is 5.27. The lowest BCUT2D eigenvalue weighted by atomic mass is 9.89. The maximum absolute atomic E-state index is 14.3. The highest BCUT2D eigenvalue weighted by Gasteiger charge is 2.44. The molecule has 0 bridgehead atoms. The molecule has 2 aliphatic rings. The first-order valence-corrected chi connectivity index (χ1v) is 12.1. The quantitative estimate of drug-likeness (QED) is 0.591. The van der Waals surface area contributed by atoms with E-state index in [4.69, 9.17) is 4.42 Å². The zero-order chi connectivity index (χ0) is 22.5. The minimum absolute atomic E-state index is 0.0610. The van der Waals surface area contributed by atoms with Crippen LogP contribution in [0.15, 0.2) is 81.4 Å². The van der Waals surface area contributed by atoms with E-state index in [1.165, 1.54) is 10.6 Å². The van der Waals surface area contributed by atoms with Gasteiger partial charge >= 0.3 is 0 Å². The van der Waals surface area contributed by atoms with E-state index in [1.807, 2.05) is 31.2 Å². The summed E-state index contributed by atoms with van der Waals surface area (Å²) in [4.78, 5) is 13.4. The van der Waals surface area contributed by atoms with Crippen molar-refractivity contribution < 1.29 is 17.6 Å². The number of carbonyl (C=O) groups is 1. The molecule has 164 valence electrons. The molecule has 7 heteroatoms. The number of Topliss-reactive ketones (excluding diaryl/α,β-unsaturated/α-hetero) is 1. The van der Waals surface area contributed by atoms with Crippen LogP contribution in [0.4, 0.5) is 11.4 Å². The summed E-state index contributed by atoms with van der Waals surface area (Å²) in [5.41, 5.74) is 3.84. The first kappa shape index (κ1) is 20.6. The number of hydrogen-bond acceptors (Lipinski definition) is 5. The summed E-state index contributed by atoms with van der Waals surface area (Å²) in [6.45, 7) is 3.65. The van der Waals surface area contributed by atoms with Gasteiger partial charge in [0, 0.05) is 17.7 Å². The average Bonchev–Trinajstić information content (AvgIpc) is 3.24. The Hall–Kier alpha value is -3.32. The molecule has 2 heterocycles. The van der Waals surface area contributed by atoms with Gasteiger partial charge in [0.05, 0.1) is 22.5 Å². The number of furan rings is 1. The number of sulfonamides is 1. The van der Waals surface area contributed by atoms with E-state index < -0.39 is 16.1 Å². The number of rotatable bonds is 3. The Kier molecular flexibility index (Phi) is 4.93. The molecule has 0 fully saturated rings. The van der Waals surface area contributed by atoms with E-state index in [9.17, 15) is 13.2 Å². The number of aryl methyl sites for hydroxylation is 2. The number of anilines is 2. The molecule has 1 atom stereocenters. The zero-order valence-electron chi connectivity index (χ0n) is 18.0. The molecule has 6 nitrogen and oxygen atoms in total. The molecule has 0 unspecified atom stereocenters. The van der Waals surface area contributed by atoms with Crippen LogP contribution in [0, 0.1) is 13.8 Å². The Labute approximate surface area is 187 Å². The zero-order valence-corrected chi connectivity index (χ0v) is 18.8. The number of para-hydroxylation sites is 2. The van der Waals surface area contributed by atoms with Crippen molar-refractivity contribution in [3.8, 4) is 0 Å². The third-order valence-electron chi connectivity index (χ3n) is 6.08. The number of nitrogens with zero attached hydrogens (tertiary/aromatic N) is 1. The summed E-state index contributed by atoms with van der Waals surface area (Å²) < 4.78 is 35.7. The highest BCUT2D eigenvalue weighted by atomic mass is 32.2. The molecule has 32 heavy (non-hydrogen) atoms. The lowest BCUT2D eigenvalue weighted by molar-refractivity contribution is -0.116. The van der Waals surface area contributed by atoms with Gasteiger partial charge in [0.25, 0.3) is 10.0 Å². The van der Waals surface area contributed by atoms with Gasteiger partial charge in [-0.15, -0.1) is 0 Å². The van der Waals surface area contributed by atoms with Crippen LogP contribution in [0.25, 0.3) is 0 Å². The molecule has 1 N–H and O–H groups in total. The van der Waals surface area contributed by atoms with Crippen LogP contribution in [-0.4, -0.2) is 14.2 Å². The lowest BCUT2D eigenvalue weighted by Crippen LogP contribution is -2.38. The lowest BCUT2D eigenvalue weighted by Gasteiger charge is -2.33. The molecule has 0 saturated carbocycles. The van der Waals surface area contributed by atoms with Crippen molar-refractivity contribution in [3.05, 3.63) is 89.0 Å². The molecule has 1 aliphatic carbocycles. The van der Waals surface area contributed by atoms with E-state index >= 15 is 0 Å². The van der Waals surface area contributed by atoms with E-state index in [0.717, 1.165) is 17.7 Å². The standard InChI is InChI=1S/C25H24N2O4S/c1-16-12-13-17(2)23(15-16)32(29,30)27-20-9-4-3-7-18(20)26-19-8-5-10-21(28)24(19)25(27)22-11-6-14-31-22/h3-4,6-7,9,11-15,25-26H,5,8,10H2,1-2H3/t25-/m0/s1. The topological polar surface area (TPSA) is 79.6 Å². The number of benzene rings is 2. The highest BCUT2D eigenvalue weighted by Crippen LogP contribution is 2.47. The van der Waals surface area contributed by atoms with Crippen LogP contribution < -0.4 is 9.62 Å². The number of fused-ring (bicyclic) bond motifs is 1. The second-order valence-electron chi connectivity index (χ2n) is 8.30. The molecular weight excluding hydrogens is 424 g/mol. The summed E-state index contributed by atoms with van der Waals surface area (Å²) in [5.74, 6) is 0.356. The monoisotopic (exact) mass is 448 g/mol. The van der Waals surface area contributed by atoms with Gasteiger partial charge in [-0.1, -0.05) is 24.3 Å². The van der Waals surface area contributed by atoms with Crippen molar-refractivity contribution in [2.75, 3.05) is 9.62 Å². The summed E-state index contributed by atoms with van der Waals surface area (Å²) in [5, 5.41) is 3.37. The fraction of sp³-hybridized carbons (Fsp3) is 0.240. The van der Waals surface area contributed by atoms with Crippen molar-refractivity contribution in [2.45, 2.75) is 44.0 Å². The van der Waals surface area contributed by atoms with Crippen LogP contribution in [0.5, 0.6) is 0 Å². The van der Waals surface area contributed by atoms with Crippen molar-refractivity contribution in [2.24, 2.45) is 0 Å². The molecule has 0 saturated heterocycles. The third kappa shape index (κ3) is 3.24. The normalized spacial score (nSPS) is 18.6. The Balaban J connectivity index is 1.85. The second-order valence-corrected chi connectivity index (χ2v) is 10.1. The SMILES string of the molecule is Cc1ccc(C)c(S(=O)(=O)N2c3ccccc3NC3=C(C(=O)CCC3)[C@@H]2c2ccco2)c1. The van der Waals surface area contributed by atoms with Crippen LogP contribution in [0.3, 0.4) is 0 Å². The molecule has 0 spiro atoms. The Morgan fingerprint density at radius 3 is 2.62 bits per heavy atom. The molecule has 2 aromatic carbocycles. The van der Waals surface area contributed by atoms with E-state index in [1.54, 1.807) is 37.3 Å². The van der Waals surface area contributed by atoms with Crippen LogP contribution in [-0.2, 0) is 14.8 Å². The Morgan fingerprint density at radius 1 is 1.03 bits per heavy atom. The van der Waals surface area contributed by atoms with Crippen LogP contribution in [0.2, 0.25) is 0 Å². The second kappa shape index (κ2) is 7.67. The summed E-state index contributed by atoms with van der Waals surface area (Å²) in [6.07, 6.45) is 3.28. The minimum atomic E-state index is -4.05. The summed E-state index contributed by atoms with van der Waals surface area (Å²) in [7, 11) is -4.05. The van der Waals surface area contributed by atoms with E-state index in [0.29, 0.717) is 41.1 Å². The third-order valence-corrected chi connectivity index (χ3v) is 8.01. The maximum atomic E-state index is 14.3. The first-order valence-electron chi connectivity index (χ1n) is 10.7. The van der Waals surface area contributed by atoms with Gasteiger partial charge in [0.15, 0.2) is 5.78 Å². The number of hydrogen-bond donors (Lipinski definition) is 1. The van der Waals surface area contributed by atoms with Crippen molar-refractivity contribution >= 4 is 27.2 Å². The van der Waals surface area contributed by atoms with E-state index in [-0.39, 0.29) is 10.7 Å². The first-order chi connectivity index (χ1) is 15.4. The maximum Gasteiger partial charge on any atom is 0.265 e. The average molecular weight is 449 g/mol. The van der Waals surface area contributed by atoms with Gasteiger partial charge < -0.3 is 9.73 Å². The number of nitrogens with one attached hydrogen (secondary N) is 1. The molecule has 1 aliphatic heterocycles. The van der Waals surface area contributed by atoms with Crippen molar-refractivity contribution in [1.29, 1.82) is 0 Å². The largest absolute Gasteiger partial charge is 0.467 e. The van der Waals surface area contributed by atoms with Gasteiger partial charge in [-0.25, -0.2) is 12.7 Å². The van der Waals surface area contributed by atoms with Crippen LogP contribution in [0.1, 0.15) is 42.2 Å². The highest BCUT2D eigenvalue weighted by molar-refractivity contribution is 7.93. The molecule has 0 amide bonds. The molecule has 0 radical (unpaired) electrons. The van der Waals surface area contributed by atoms with Crippen molar-refractivity contribution in [1.82, 2.24) is 0 Å². The fourth-order valence-electron chi connectivity index (χ4n) is 4.57. The summed E-state index contributed by atoms with van der Waals surface area (Å²) in [6, 6.07) is 15.2. The molecule has 3 aromatic rings. The van der Waals surface area contributed by atoms with Gasteiger partial charge in [0.2, 0.25) is 0 Å². The number of allylic oxidation sites excluding steroid dienone is 1.